The molecule has 4 nitrogen and oxygen atoms in total. The molecule has 0 fully saturated rings. The van der Waals surface area contributed by atoms with E-state index in [9.17, 15) is 17.6 Å². The third-order valence-electron chi connectivity index (χ3n) is 3.24. The molecule has 0 unspecified atom stereocenters. The number of hydrogen-bond acceptors (Lipinski definition) is 4. The Balaban J connectivity index is 0.000000855. The second kappa shape index (κ2) is 9.70. The normalized spacial score (nSPS) is 10.4. The molecule has 3 N–H and O–H groups in total. The van der Waals surface area contributed by atoms with Crippen LogP contribution in [0.25, 0.3) is 10.9 Å². The van der Waals surface area contributed by atoms with E-state index in [4.69, 9.17) is 5.73 Å². The van der Waals surface area contributed by atoms with Gasteiger partial charge in [-0.3, -0.25) is 0 Å². The zero-order valence-electron chi connectivity index (χ0n) is 15.5. The summed E-state index contributed by atoms with van der Waals surface area (Å²) in [6, 6.07) is 7.03. The SMILES string of the molecule is CC.CC.Nc1cccc2c(Nc3cc(C(F)(F)F)ccc3F)ncnc12. The van der Waals surface area contributed by atoms with E-state index in [1.54, 1.807) is 18.2 Å². The standard InChI is InChI=1S/C15H10F4N4.2C2H6/c16-10-5-4-8(15(17,18)19)6-12(10)23-14-9-2-1-3-11(20)13(9)21-7-22-14;2*1-2/h1-7H,20H2,(H,21,22,23);2*1-2H3. The van der Waals surface area contributed by atoms with Gasteiger partial charge in [0.05, 0.1) is 22.5 Å². The Morgan fingerprint density at radius 2 is 1.63 bits per heavy atom. The van der Waals surface area contributed by atoms with Crippen LogP contribution in [0.5, 0.6) is 0 Å². The van der Waals surface area contributed by atoms with Crippen molar-refractivity contribution in [2.75, 3.05) is 11.1 Å². The Hall–Kier alpha value is -2.90. The minimum atomic E-state index is -4.57. The molecule has 1 aromatic heterocycles. The minimum absolute atomic E-state index is 0.167. The van der Waals surface area contributed by atoms with Gasteiger partial charge in [-0.05, 0) is 30.3 Å². The van der Waals surface area contributed by atoms with Crippen LogP contribution in [0.1, 0.15) is 33.3 Å². The number of rotatable bonds is 2. The molecule has 0 amide bonds. The van der Waals surface area contributed by atoms with Gasteiger partial charge in [-0.25, -0.2) is 14.4 Å². The molecule has 27 heavy (non-hydrogen) atoms. The van der Waals surface area contributed by atoms with Crippen LogP contribution in [0.4, 0.5) is 34.8 Å². The van der Waals surface area contributed by atoms with Crippen LogP contribution >= 0.6 is 0 Å². The van der Waals surface area contributed by atoms with Crippen molar-refractivity contribution in [2.24, 2.45) is 0 Å². The molecule has 3 rings (SSSR count). The predicted octanol–water partition coefficient (Wildman–Crippen LogP) is 6.17. The highest BCUT2D eigenvalue weighted by Crippen LogP contribution is 2.33. The molecule has 1 heterocycles. The molecule has 146 valence electrons. The third-order valence-corrected chi connectivity index (χ3v) is 3.24. The van der Waals surface area contributed by atoms with Gasteiger partial charge >= 0.3 is 6.18 Å². The number of nitrogens with zero attached hydrogens (tertiary/aromatic N) is 2. The number of aromatic nitrogens is 2. The molecule has 0 spiro atoms. The summed E-state index contributed by atoms with van der Waals surface area (Å²) in [6.45, 7) is 8.00. The van der Waals surface area contributed by atoms with E-state index in [1.165, 1.54) is 6.33 Å². The number of nitrogen functional groups attached to an aromatic ring is 1. The molecule has 0 bridgehead atoms. The zero-order valence-corrected chi connectivity index (χ0v) is 15.5. The van der Waals surface area contributed by atoms with Gasteiger partial charge in [0.2, 0.25) is 0 Å². The highest BCUT2D eigenvalue weighted by atomic mass is 19.4. The van der Waals surface area contributed by atoms with Crippen LogP contribution in [-0.4, -0.2) is 9.97 Å². The Bertz CT molecular complexity index is 879. The maximum absolute atomic E-state index is 13.8. The highest BCUT2D eigenvalue weighted by molar-refractivity contribution is 5.97. The molecular formula is C19H22F4N4. The Labute approximate surface area is 155 Å². The van der Waals surface area contributed by atoms with Gasteiger partial charge in [0.25, 0.3) is 0 Å². The number of nitrogens with two attached hydrogens (primary N) is 1. The first-order valence-electron chi connectivity index (χ1n) is 8.49. The first-order valence-corrected chi connectivity index (χ1v) is 8.49. The summed E-state index contributed by atoms with van der Waals surface area (Å²) in [5, 5.41) is 3.05. The summed E-state index contributed by atoms with van der Waals surface area (Å²) in [6.07, 6.45) is -3.37. The van der Waals surface area contributed by atoms with Crippen LogP contribution in [-0.2, 0) is 6.18 Å². The van der Waals surface area contributed by atoms with Gasteiger partial charge in [0, 0.05) is 5.39 Å². The number of hydrogen-bond donors (Lipinski definition) is 2. The number of fused-ring (bicyclic) bond motifs is 1. The van der Waals surface area contributed by atoms with Crippen molar-refractivity contribution in [2.45, 2.75) is 33.9 Å². The summed E-state index contributed by atoms with van der Waals surface area (Å²) < 4.78 is 52.1. The summed E-state index contributed by atoms with van der Waals surface area (Å²) in [5.41, 5.74) is 5.31. The average molecular weight is 382 g/mol. The predicted molar refractivity (Wildman–Crippen MR) is 101 cm³/mol. The average Bonchev–Trinajstić information content (AvgIpc) is 2.67. The Morgan fingerprint density at radius 1 is 0.963 bits per heavy atom. The van der Waals surface area contributed by atoms with Crippen LogP contribution < -0.4 is 11.1 Å². The summed E-state index contributed by atoms with van der Waals surface area (Å²) in [5.74, 6) is -0.658. The van der Waals surface area contributed by atoms with Crippen LogP contribution in [0.3, 0.4) is 0 Å². The number of alkyl halides is 3. The topological polar surface area (TPSA) is 63.8 Å². The van der Waals surface area contributed by atoms with E-state index in [0.717, 1.165) is 6.07 Å². The fourth-order valence-electron chi connectivity index (χ4n) is 2.13. The molecule has 0 saturated heterocycles. The molecule has 0 atom stereocenters. The van der Waals surface area contributed by atoms with Crippen LogP contribution in [0, 0.1) is 5.82 Å². The van der Waals surface area contributed by atoms with E-state index >= 15 is 0 Å². The Kier molecular flexibility index (Phi) is 7.96. The van der Waals surface area contributed by atoms with E-state index in [2.05, 4.69) is 15.3 Å². The van der Waals surface area contributed by atoms with E-state index < -0.39 is 17.6 Å². The first-order chi connectivity index (χ1) is 12.9. The van der Waals surface area contributed by atoms with Crippen molar-refractivity contribution < 1.29 is 17.6 Å². The lowest BCUT2D eigenvalue weighted by atomic mass is 10.1. The molecular weight excluding hydrogens is 360 g/mol. The Morgan fingerprint density at radius 3 is 2.26 bits per heavy atom. The summed E-state index contributed by atoms with van der Waals surface area (Å²) in [4.78, 5) is 7.96. The fourth-order valence-corrected chi connectivity index (χ4v) is 2.13. The maximum atomic E-state index is 13.8. The second-order valence-corrected chi connectivity index (χ2v) is 4.78. The fraction of sp³-hybridized carbons (Fsp3) is 0.263. The molecule has 2 aromatic carbocycles. The quantitative estimate of drug-likeness (QED) is 0.411. The molecule has 0 aliphatic heterocycles. The van der Waals surface area contributed by atoms with Crippen molar-refractivity contribution >= 4 is 28.1 Å². The zero-order chi connectivity index (χ0) is 20.6. The summed E-state index contributed by atoms with van der Waals surface area (Å²) in [7, 11) is 0. The molecule has 0 aliphatic carbocycles. The van der Waals surface area contributed by atoms with Gasteiger partial charge < -0.3 is 11.1 Å². The van der Waals surface area contributed by atoms with E-state index in [-0.39, 0.29) is 11.5 Å². The number of para-hydroxylation sites is 1. The lowest BCUT2D eigenvalue weighted by molar-refractivity contribution is -0.137. The molecule has 0 radical (unpaired) electrons. The number of nitrogens with one attached hydrogen (secondary N) is 1. The monoisotopic (exact) mass is 382 g/mol. The van der Waals surface area contributed by atoms with Crippen molar-refractivity contribution in [1.82, 2.24) is 9.97 Å². The number of halogens is 4. The van der Waals surface area contributed by atoms with Crippen molar-refractivity contribution in [1.29, 1.82) is 0 Å². The number of benzene rings is 2. The van der Waals surface area contributed by atoms with E-state index in [0.29, 0.717) is 28.7 Å². The second-order valence-electron chi connectivity index (χ2n) is 4.78. The third kappa shape index (κ3) is 5.29. The largest absolute Gasteiger partial charge is 0.416 e. The van der Waals surface area contributed by atoms with E-state index in [1.807, 2.05) is 27.7 Å². The maximum Gasteiger partial charge on any atom is 0.416 e. The van der Waals surface area contributed by atoms with Crippen LogP contribution in [0.15, 0.2) is 42.7 Å². The minimum Gasteiger partial charge on any atom is -0.397 e. The van der Waals surface area contributed by atoms with Gasteiger partial charge in [-0.2, -0.15) is 13.2 Å². The van der Waals surface area contributed by atoms with Gasteiger partial charge in [-0.15, -0.1) is 0 Å². The molecule has 3 aromatic rings. The first kappa shape index (κ1) is 22.1. The van der Waals surface area contributed by atoms with Crippen LogP contribution in [0.2, 0.25) is 0 Å². The smallest absolute Gasteiger partial charge is 0.397 e. The molecule has 0 aliphatic rings. The summed E-state index contributed by atoms with van der Waals surface area (Å²) >= 11 is 0. The van der Waals surface area contributed by atoms with Crippen molar-refractivity contribution in [3.05, 3.63) is 54.1 Å². The van der Waals surface area contributed by atoms with Crippen molar-refractivity contribution in [3.8, 4) is 0 Å². The molecule has 8 heteroatoms. The van der Waals surface area contributed by atoms with Gasteiger partial charge in [0.1, 0.15) is 18.0 Å². The number of anilines is 3. The van der Waals surface area contributed by atoms with Gasteiger partial charge in [-0.1, -0.05) is 33.8 Å². The molecule has 0 saturated carbocycles. The lowest BCUT2D eigenvalue weighted by Crippen LogP contribution is -2.07. The van der Waals surface area contributed by atoms with Crippen molar-refractivity contribution in [3.63, 3.8) is 0 Å². The highest BCUT2D eigenvalue weighted by Gasteiger charge is 2.31. The van der Waals surface area contributed by atoms with Gasteiger partial charge in [0.15, 0.2) is 0 Å². The lowest BCUT2D eigenvalue weighted by Gasteiger charge is -2.12.